The van der Waals surface area contributed by atoms with Crippen LogP contribution in [-0.2, 0) is 4.74 Å². The van der Waals surface area contributed by atoms with Gasteiger partial charge in [0.05, 0.1) is 16.3 Å². The van der Waals surface area contributed by atoms with Crippen LogP contribution in [0.1, 0.15) is 17.5 Å². The molecule has 0 spiro atoms. The molecule has 4 heteroatoms. The molecule has 1 heterocycles. The molecule has 2 aromatic rings. The van der Waals surface area contributed by atoms with Crippen LogP contribution in [0.3, 0.4) is 0 Å². The highest BCUT2D eigenvalue weighted by atomic mass is 32.1. The number of benzene rings is 1. The van der Waals surface area contributed by atoms with Crippen LogP contribution in [-0.4, -0.2) is 18.7 Å². The number of nitrogens with two attached hydrogens (primary N) is 1. The van der Waals surface area contributed by atoms with Crippen LogP contribution < -0.4 is 5.73 Å². The summed E-state index contributed by atoms with van der Waals surface area (Å²) >= 11 is 1.66. The van der Waals surface area contributed by atoms with Gasteiger partial charge in [0.1, 0.15) is 5.01 Å². The first-order valence-corrected chi connectivity index (χ1v) is 5.73. The van der Waals surface area contributed by atoms with Crippen molar-refractivity contribution < 1.29 is 4.74 Å². The molecule has 0 saturated carbocycles. The Morgan fingerprint density at radius 2 is 2.27 bits per heavy atom. The standard InChI is InChI=1S/C11H14N2OS/c1-14-7-6-8(12)11-13-9-4-2-3-5-10(9)15-11/h2-5,8H,6-7,12H2,1H3. The molecule has 0 aliphatic carbocycles. The minimum absolute atomic E-state index is 0.0117. The fourth-order valence-electron chi connectivity index (χ4n) is 1.42. The molecule has 0 aliphatic heterocycles. The minimum atomic E-state index is -0.0117. The molecule has 1 unspecified atom stereocenters. The van der Waals surface area contributed by atoms with E-state index in [0.717, 1.165) is 16.9 Å². The van der Waals surface area contributed by atoms with Gasteiger partial charge in [-0.05, 0) is 18.6 Å². The molecular weight excluding hydrogens is 208 g/mol. The average molecular weight is 222 g/mol. The van der Waals surface area contributed by atoms with E-state index >= 15 is 0 Å². The van der Waals surface area contributed by atoms with E-state index in [1.165, 1.54) is 4.70 Å². The van der Waals surface area contributed by atoms with Crippen molar-refractivity contribution in [1.29, 1.82) is 0 Å². The lowest BCUT2D eigenvalue weighted by molar-refractivity contribution is 0.188. The molecular formula is C11H14N2OS. The smallest absolute Gasteiger partial charge is 0.111 e. The summed E-state index contributed by atoms with van der Waals surface area (Å²) in [5.41, 5.74) is 7.05. The van der Waals surface area contributed by atoms with Crippen molar-refractivity contribution in [3.05, 3.63) is 29.3 Å². The maximum absolute atomic E-state index is 6.01. The number of methoxy groups -OCH3 is 1. The number of nitrogens with zero attached hydrogens (tertiary/aromatic N) is 1. The number of para-hydroxylation sites is 1. The van der Waals surface area contributed by atoms with E-state index in [4.69, 9.17) is 10.5 Å². The third-order valence-corrected chi connectivity index (χ3v) is 3.43. The van der Waals surface area contributed by atoms with Crippen molar-refractivity contribution in [3.63, 3.8) is 0 Å². The maximum atomic E-state index is 6.01. The molecule has 15 heavy (non-hydrogen) atoms. The van der Waals surface area contributed by atoms with Gasteiger partial charge in [0, 0.05) is 13.7 Å². The molecule has 2 N–H and O–H groups in total. The molecule has 3 nitrogen and oxygen atoms in total. The van der Waals surface area contributed by atoms with Crippen LogP contribution in [0.4, 0.5) is 0 Å². The van der Waals surface area contributed by atoms with E-state index < -0.39 is 0 Å². The van der Waals surface area contributed by atoms with Crippen molar-refractivity contribution in [3.8, 4) is 0 Å². The van der Waals surface area contributed by atoms with Gasteiger partial charge in [-0.1, -0.05) is 12.1 Å². The van der Waals surface area contributed by atoms with E-state index in [1.54, 1.807) is 18.4 Å². The summed E-state index contributed by atoms with van der Waals surface area (Å²) in [6.45, 7) is 0.678. The summed E-state index contributed by atoms with van der Waals surface area (Å²) in [5.74, 6) is 0. The summed E-state index contributed by atoms with van der Waals surface area (Å²) < 4.78 is 6.20. The van der Waals surface area contributed by atoms with Gasteiger partial charge in [0.15, 0.2) is 0 Å². The number of rotatable bonds is 4. The lowest BCUT2D eigenvalue weighted by Crippen LogP contribution is -2.12. The van der Waals surface area contributed by atoms with E-state index in [1.807, 2.05) is 18.2 Å². The Morgan fingerprint density at radius 3 is 3.00 bits per heavy atom. The predicted molar refractivity (Wildman–Crippen MR) is 63.0 cm³/mol. The van der Waals surface area contributed by atoms with Crippen LogP contribution in [0.15, 0.2) is 24.3 Å². The van der Waals surface area contributed by atoms with Gasteiger partial charge in [0.2, 0.25) is 0 Å². The summed E-state index contributed by atoms with van der Waals surface area (Å²) in [7, 11) is 1.69. The lowest BCUT2D eigenvalue weighted by atomic mass is 10.2. The van der Waals surface area contributed by atoms with Crippen molar-refractivity contribution in [1.82, 2.24) is 4.98 Å². The van der Waals surface area contributed by atoms with Gasteiger partial charge in [-0.25, -0.2) is 4.98 Å². The molecule has 2 rings (SSSR count). The average Bonchev–Trinajstić information content (AvgIpc) is 2.69. The molecule has 1 atom stereocenters. The molecule has 0 bridgehead atoms. The summed E-state index contributed by atoms with van der Waals surface area (Å²) in [4.78, 5) is 4.50. The van der Waals surface area contributed by atoms with Crippen LogP contribution in [0.2, 0.25) is 0 Å². The van der Waals surface area contributed by atoms with Gasteiger partial charge in [-0.3, -0.25) is 0 Å². The Labute approximate surface area is 92.9 Å². The van der Waals surface area contributed by atoms with Crippen molar-refractivity contribution in [2.75, 3.05) is 13.7 Å². The Balaban J connectivity index is 2.20. The topological polar surface area (TPSA) is 48.1 Å². The molecule has 0 saturated heterocycles. The fraction of sp³-hybridized carbons (Fsp3) is 0.364. The van der Waals surface area contributed by atoms with Gasteiger partial charge < -0.3 is 10.5 Å². The fourth-order valence-corrected chi connectivity index (χ4v) is 2.42. The second kappa shape index (κ2) is 4.70. The highest BCUT2D eigenvalue weighted by molar-refractivity contribution is 7.18. The maximum Gasteiger partial charge on any atom is 0.111 e. The molecule has 0 fully saturated rings. The Bertz CT molecular complexity index is 408. The predicted octanol–water partition coefficient (Wildman–Crippen LogP) is 2.33. The summed E-state index contributed by atoms with van der Waals surface area (Å²) in [6.07, 6.45) is 0.816. The van der Waals surface area contributed by atoms with Gasteiger partial charge in [-0.15, -0.1) is 11.3 Å². The Kier molecular flexibility index (Phi) is 3.30. The normalized spacial score (nSPS) is 13.2. The first-order chi connectivity index (χ1) is 7.31. The van der Waals surface area contributed by atoms with E-state index in [0.29, 0.717) is 6.61 Å². The quantitative estimate of drug-likeness (QED) is 0.863. The number of hydrogen-bond acceptors (Lipinski definition) is 4. The first-order valence-electron chi connectivity index (χ1n) is 4.91. The second-order valence-electron chi connectivity index (χ2n) is 3.41. The molecule has 0 radical (unpaired) electrons. The van der Waals surface area contributed by atoms with E-state index in [9.17, 15) is 0 Å². The largest absolute Gasteiger partial charge is 0.385 e. The molecule has 0 aliphatic rings. The zero-order valence-corrected chi connectivity index (χ0v) is 9.46. The van der Waals surface area contributed by atoms with Crippen LogP contribution >= 0.6 is 11.3 Å². The zero-order valence-electron chi connectivity index (χ0n) is 8.64. The Morgan fingerprint density at radius 1 is 1.47 bits per heavy atom. The van der Waals surface area contributed by atoms with Gasteiger partial charge >= 0.3 is 0 Å². The van der Waals surface area contributed by atoms with Crippen molar-refractivity contribution in [2.24, 2.45) is 5.73 Å². The lowest BCUT2D eigenvalue weighted by Gasteiger charge is -2.06. The van der Waals surface area contributed by atoms with Crippen molar-refractivity contribution in [2.45, 2.75) is 12.5 Å². The third kappa shape index (κ3) is 2.34. The summed E-state index contributed by atoms with van der Waals surface area (Å²) in [6, 6.07) is 8.08. The number of thiazole rings is 1. The highest BCUT2D eigenvalue weighted by Gasteiger charge is 2.11. The second-order valence-corrected chi connectivity index (χ2v) is 4.47. The Hall–Kier alpha value is -0.970. The van der Waals surface area contributed by atoms with Crippen molar-refractivity contribution >= 4 is 21.6 Å². The first kappa shape index (κ1) is 10.5. The van der Waals surface area contributed by atoms with Gasteiger partial charge in [-0.2, -0.15) is 0 Å². The van der Waals surface area contributed by atoms with Crippen LogP contribution in [0.5, 0.6) is 0 Å². The van der Waals surface area contributed by atoms with E-state index in [-0.39, 0.29) is 6.04 Å². The molecule has 0 amide bonds. The van der Waals surface area contributed by atoms with Crippen LogP contribution in [0, 0.1) is 0 Å². The van der Waals surface area contributed by atoms with Gasteiger partial charge in [0.25, 0.3) is 0 Å². The number of hydrogen-bond donors (Lipinski definition) is 1. The number of ether oxygens (including phenoxy) is 1. The van der Waals surface area contributed by atoms with Crippen LogP contribution in [0.25, 0.3) is 10.2 Å². The van der Waals surface area contributed by atoms with E-state index in [2.05, 4.69) is 11.1 Å². The third-order valence-electron chi connectivity index (χ3n) is 2.26. The zero-order chi connectivity index (χ0) is 10.7. The highest BCUT2D eigenvalue weighted by Crippen LogP contribution is 2.26. The number of aromatic nitrogens is 1. The monoisotopic (exact) mass is 222 g/mol. The minimum Gasteiger partial charge on any atom is -0.385 e. The molecule has 1 aromatic heterocycles. The molecule has 80 valence electrons. The SMILES string of the molecule is COCCC(N)c1nc2ccccc2s1. The summed E-state index contributed by atoms with van der Waals surface area (Å²) in [5, 5.41) is 0.994. The molecule has 1 aromatic carbocycles. The number of fused-ring (bicyclic) bond motifs is 1.